The standard InChI is InChI=1S/C14H18Cl2O2/c1-13(2)9-14(17,5-6-18-13)8-10-7-11(15)3-4-12(10)16/h3-4,7,17H,5-6,8-9H2,1-2H3. The molecule has 18 heavy (non-hydrogen) atoms. The van der Waals surface area contributed by atoms with E-state index in [9.17, 15) is 5.11 Å². The van der Waals surface area contributed by atoms with Crippen molar-refractivity contribution in [2.24, 2.45) is 0 Å². The minimum absolute atomic E-state index is 0.294. The van der Waals surface area contributed by atoms with Gasteiger partial charge in [-0.25, -0.2) is 0 Å². The SMILES string of the molecule is CC1(C)CC(O)(Cc2cc(Cl)ccc2Cl)CCO1. The molecule has 0 aromatic heterocycles. The van der Waals surface area contributed by atoms with E-state index >= 15 is 0 Å². The third-order valence-corrected chi connectivity index (χ3v) is 3.95. The highest BCUT2D eigenvalue weighted by molar-refractivity contribution is 6.33. The molecule has 0 spiro atoms. The number of benzene rings is 1. The van der Waals surface area contributed by atoms with Gasteiger partial charge in [-0.05, 0) is 44.0 Å². The van der Waals surface area contributed by atoms with Crippen LogP contribution in [-0.4, -0.2) is 22.9 Å². The van der Waals surface area contributed by atoms with E-state index in [-0.39, 0.29) is 5.60 Å². The van der Waals surface area contributed by atoms with Gasteiger partial charge in [0.1, 0.15) is 0 Å². The predicted octanol–water partition coefficient (Wildman–Crippen LogP) is 3.86. The van der Waals surface area contributed by atoms with Crippen LogP contribution in [0.3, 0.4) is 0 Å². The molecule has 0 radical (unpaired) electrons. The number of hydrogen-bond acceptors (Lipinski definition) is 2. The van der Waals surface area contributed by atoms with Crippen LogP contribution in [0.1, 0.15) is 32.3 Å². The summed E-state index contributed by atoms with van der Waals surface area (Å²) in [4.78, 5) is 0. The van der Waals surface area contributed by atoms with Gasteiger partial charge in [0.05, 0.1) is 17.8 Å². The molecule has 1 unspecified atom stereocenters. The molecular weight excluding hydrogens is 271 g/mol. The fraction of sp³-hybridized carbons (Fsp3) is 0.571. The van der Waals surface area contributed by atoms with Crippen LogP contribution in [0.4, 0.5) is 0 Å². The van der Waals surface area contributed by atoms with Gasteiger partial charge in [0.25, 0.3) is 0 Å². The molecule has 0 saturated carbocycles. The highest BCUT2D eigenvalue weighted by Crippen LogP contribution is 2.36. The minimum atomic E-state index is -0.768. The maximum absolute atomic E-state index is 10.7. The van der Waals surface area contributed by atoms with Crippen molar-refractivity contribution >= 4 is 23.2 Å². The summed E-state index contributed by atoms with van der Waals surface area (Å²) in [7, 11) is 0. The zero-order chi connectivity index (χ0) is 13.4. The predicted molar refractivity (Wildman–Crippen MR) is 74.4 cm³/mol. The molecule has 4 heteroatoms. The summed E-state index contributed by atoms with van der Waals surface area (Å²) >= 11 is 12.1. The smallest absolute Gasteiger partial charge is 0.0737 e. The Labute approximate surface area is 118 Å². The summed E-state index contributed by atoms with van der Waals surface area (Å²) < 4.78 is 5.63. The van der Waals surface area contributed by atoms with E-state index in [0.29, 0.717) is 35.9 Å². The van der Waals surface area contributed by atoms with E-state index in [2.05, 4.69) is 0 Å². The molecule has 1 aliphatic heterocycles. The van der Waals surface area contributed by atoms with E-state index in [0.717, 1.165) is 5.56 Å². The largest absolute Gasteiger partial charge is 0.389 e. The van der Waals surface area contributed by atoms with Gasteiger partial charge in [0.15, 0.2) is 0 Å². The zero-order valence-electron chi connectivity index (χ0n) is 10.7. The molecule has 1 saturated heterocycles. The number of rotatable bonds is 2. The van der Waals surface area contributed by atoms with Crippen LogP contribution in [0.5, 0.6) is 0 Å². The third-order valence-electron chi connectivity index (χ3n) is 3.34. The second-order valence-corrected chi connectivity index (χ2v) is 6.52. The monoisotopic (exact) mass is 288 g/mol. The Bertz CT molecular complexity index is 445. The summed E-state index contributed by atoms with van der Waals surface area (Å²) in [6.45, 7) is 4.56. The molecule has 1 aliphatic rings. The molecule has 1 aromatic carbocycles. The van der Waals surface area contributed by atoms with Crippen molar-refractivity contribution in [3.05, 3.63) is 33.8 Å². The first-order valence-electron chi connectivity index (χ1n) is 6.10. The summed E-state index contributed by atoms with van der Waals surface area (Å²) in [6.07, 6.45) is 1.74. The lowest BCUT2D eigenvalue weighted by atomic mass is 9.80. The van der Waals surface area contributed by atoms with E-state index in [1.165, 1.54) is 0 Å². The van der Waals surface area contributed by atoms with Crippen molar-refractivity contribution < 1.29 is 9.84 Å². The maximum Gasteiger partial charge on any atom is 0.0737 e. The number of aliphatic hydroxyl groups is 1. The molecule has 1 atom stereocenters. The van der Waals surface area contributed by atoms with Crippen molar-refractivity contribution in [3.63, 3.8) is 0 Å². The van der Waals surface area contributed by atoms with Gasteiger partial charge in [-0.2, -0.15) is 0 Å². The zero-order valence-corrected chi connectivity index (χ0v) is 12.2. The second-order valence-electron chi connectivity index (χ2n) is 5.67. The van der Waals surface area contributed by atoms with Gasteiger partial charge in [0, 0.05) is 22.9 Å². The number of hydrogen-bond donors (Lipinski definition) is 1. The molecular formula is C14H18Cl2O2. The Morgan fingerprint density at radius 3 is 2.72 bits per heavy atom. The van der Waals surface area contributed by atoms with Crippen molar-refractivity contribution in [3.8, 4) is 0 Å². The van der Waals surface area contributed by atoms with Gasteiger partial charge < -0.3 is 9.84 Å². The molecule has 0 amide bonds. The summed E-state index contributed by atoms with van der Waals surface area (Å²) in [5.74, 6) is 0. The van der Waals surface area contributed by atoms with Gasteiger partial charge in [-0.1, -0.05) is 23.2 Å². The van der Waals surface area contributed by atoms with Crippen LogP contribution >= 0.6 is 23.2 Å². The van der Waals surface area contributed by atoms with Crippen molar-refractivity contribution in [2.45, 2.75) is 44.3 Å². The molecule has 0 bridgehead atoms. The van der Waals surface area contributed by atoms with Gasteiger partial charge in [-0.15, -0.1) is 0 Å². The summed E-state index contributed by atoms with van der Waals surface area (Å²) in [5, 5.41) is 12.0. The third kappa shape index (κ3) is 3.39. The second kappa shape index (κ2) is 5.01. The first kappa shape index (κ1) is 14.1. The molecule has 0 aliphatic carbocycles. The average molecular weight is 289 g/mol. The number of ether oxygens (including phenoxy) is 1. The topological polar surface area (TPSA) is 29.5 Å². The Hall–Kier alpha value is -0.280. The van der Waals surface area contributed by atoms with E-state index in [1.807, 2.05) is 19.9 Å². The van der Waals surface area contributed by atoms with Gasteiger partial charge >= 0.3 is 0 Å². The van der Waals surface area contributed by atoms with Crippen LogP contribution in [0, 0.1) is 0 Å². The lowest BCUT2D eigenvalue weighted by molar-refractivity contribution is -0.143. The van der Waals surface area contributed by atoms with E-state index in [4.69, 9.17) is 27.9 Å². The van der Waals surface area contributed by atoms with E-state index in [1.54, 1.807) is 12.1 Å². The number of halogens is 2. The van der Waals surface area contributed by atoms with Crippen LogP contribution < -0.4 is 0 Å². The summed E-state index contributed by atoms with van der Waals surface area (Å²) in [6, 6.07) is 5.35. The molecule has 1 fully saturated rings. The Morgan fingerprint density at radius 1 is 1.33 bits per heavy atom. The maximum atomic E-state index is 10.7. The Morgan fingerprint density at radius 2 is 2.06 bits per heavy atom. The fourth-order valence-electron chi connectivity index (χ4n) is 2.63. The molecule has 1 heterocycles. The summed E-state index contributed by atoms with van der Waals surface area (Å²) in [5.41, 5.74) is -0.168. The quantitative estimate of drug-likeness (QED) is 0.896. The van der Waals surface area contributed by atoms with Crippen molar-refractivity contribution in [2.75, 3.05) is 6.61 Å². The molecule has 100 valence electrons. The first-order valence-corrected chi connectivity index (χ1v) is 6.86. The van der Waals surface area contributed by atoms with Gasteiger partial charge in [-0.3, -0.25) is 0 Å². The Balaban J connectivity index is 2.19. The van der Waals surface area contributed by atoms with Crippen LogP contribution in [-0.2, 0) is 11.2 Å². The van der Waals surface area contributed by atoms with Crippen LogP contribution in [0.25, 0.3) is 0 Å². The van der Waals surface area contributed by atoms with Crippen molar-refractivity contribution in [1.82, 2.24) is 0 Å². The van der Waals surface area contributed by atoms with E-state index < -0.39 is 5.60 Å². The van der Waals surface area contributed by atoms with Crippen molar-refractivity contribution in [1.29, 1.82) is 0 Å². The molecule has 1 aromatic rings. The molecule has 1 N–H and O–H groups in total. The van der Waals surface area contributed by atoms with Gasteiger partial charge in [0.2, 0.25) is 0 Å². The fourth-order valence-corrected chi connectivity index (χ4v) is 3.01. The molecule has 2 rings (SSSR count). The lowest BCUT2D eigenvalue weighted by Gasteiger charge is -2.41. The Kier molecular flexibility index (Phi) is 3.93. The highest BCUT2D eigenvalue weighted by atomic mass is 35.5. The normalized spacial score (nSPS) is 27.2. The average Bonchev–Trinajstić information content (AvgIpc) is 2.21. The first-order chi connectivity index (χ1) is 8.30. The molecule has 2 nitrogen and oxygen atoms in total. The highest BCUT2D eigenvalue weighted by Gasteiger charge is 2.39. The minimum Gasteiger partial charge on any atom is -0.389 e. The van der Waals surface area contributed by atoms with Crippen LogP contribution in [0.2, 0.25) is 10.0 Å². The van der Waals surface area contributed by atoms with Crippen LogP contribution in [0.15, 0.2) is 18.2 Å². The lowest BCUT2D eigenvalue weighted by Crippen LogP contribution is -2.47.